The largest absolute Gasteiger partial charge is 0.497 e. The molecule has 0 fully saturated rings. The van der Waals surface area contributed by atoms with Gasteiger partial charge >= 0.3 is 0 Å². The molecule has 0 saturated carbocycles. The number of methoxy groups -OCH3 is 1. The van der Waals surface area contributed by atoms with Gasteiger partial charge in [0.25, 0.3) is 6.43 Å². The highest BCUT2D eigenvalue weighted by atomic mass is 32.2. The van der Waals surface area contributed by atoms with Crippen molar-refractivity contribution in [1.29, 1.82) is 0 Å². The maximum Gasteiger partial charge on any atom is 0.282 e. The Morgan fingerprint density at radius 2 is 1.81 bits per heavy atom. The number of benzene rings is 2. The van der Waals surface area contributed by atoms with Crippen molar-refractivity contribution in [3.63, 3.8) is 0 Å². The van der Waals surface area contributed by atoms with E-state index >= 15 is 0 Å². The van der Waals surface area contributed by atoms with Gasteiger partial charge in [-0.1, -0.05) is 24.3 Å². The van der Waals surface area contributed by atoms with Crippen molar-refractivity contribution in [1.82, 2.24) is 9.78 Å². The fourth-order valence-corrected chi connectivity index (χ4v) is 3.02. The van der Waals surface area contributed by atoms with Gasteiger partial charge in [-0.15, -0.1) is 0 Å². The summed E-state index contributed by atoms with van der Waals surface area (Å²) >= 11 is -1.94. The van der Waals surface area contributed by atoms with E-state index in [-0.39, 0.29) is 11.4 Å². The molecule has 0 radical (unpaired) electrons. The van der Waals surface area contributed by atoms with E-state index in [1.54, 1.807) is 55.6 Å². The molecule has 0 saturated heterocycles. The topological polar surface area (TPSA) is 64.4 Å². The molecule has 0 aliphatic rings. The summed E-state index contributed by atoms with van der Waals surface area (Å²) < 4.78 is 52.7. The predicted octanol–water partition coefficient (Wildman–Crippen LogP) is 4.21. The van der Waals surface area contributed by atoms with Gasteiger partial charge in [0.15, 0.2) is 11.1 Å². The van der Waals surface area contributed by atoms with Crippen LogP contribution in [-0.2, 0) is 16.8 Å². The van der Waals surface area contributed by atoms with E-state index in [1.807, 2.05) is 0 Å². The average molecular weight is 378 g/mol. The molecule has 0 amide bonds. The first-order valence-corrected chi connectivity index (χ1v) is 8.95. The molecule has 8 heteroatoms. The Hall–Kier alpha value is -2.58. The summed E-state index contributed by atoms with van der Waals surface area (Å²) in [5.41, 5.74) is 2.15. The smallest absolute Gasteiger partial charge is 0.282 e. The summed E-state index contributed by atoms with van der Waals surface area (Å²) in [6, 6.07) is 15.1. The Morgan fingerprint density at radius 1 is 1.15 bits per heavy atom. The van der Waals surface area contributed by atoms with Gasteiger partial charge in [0.2, 0.25) is 0 Å². The van der Waals surface area contributed by atoms with E-state index in [9.17, 15) is 13.0 Å². The molecule has 0 aliphatic heterocycles. The Kier molecular flexibility index (Phi) is 5.43. The highest BCUT2D eigenvalue weighted by Gasteiger charge is 2.18. The van der Waals surface area contributed by atoms with Gasteiger partial charge in [0.1, 0.15) is 11.4 Å². The number of aromatic nitrogens is 2. The van der Waals surface area contributed by atoms with Crippen LogP contribution in [0.4, 0.5) is 8.78 Å². The second-order valence-corrected chi connectivity index (χ2v) is 6.46. The van der Waals surface area contributed by atoms with E-state index < -0.39 is 17.5 Å². The van der Waals surface area contributed by atoms with Gasteiger partial charge in [-0.3, -0.25) is 0 Å². The van der Waals surface area contributed by atoms with E-state index in [0.717, 1.165) is 0 Å². The summed E-state index contributed by atoms with van der Waals surface area (Å²) in [7, 11) is 1.55. The molecule has 1 heterocycles. The molecule has 1 unspecified atom stereocenters. The fraction of sp³-hybridized carbons (Fsp3) is 0.167. The minimum absolute atomic E-state index is 0.0142. The van der Waals surface area contributed by atoms with E-state index in [2.05, 4.69) is 5.10 Å². The molecule has 26 heavy (non-hydrogen) atoms. The van der Waals surface area contributed by atoms with Crippen LogP contribution in [0.2, 0.25) is 0 Å². The van der Waals surface area contributed by atoms with Gasteiger partial charge in [-0.25, -0.2) is 17.7 Å². The van der Waals surface area contributed by atoms with E-state index in [0.29, 0.717) is 28.3 Å². The zero-order valence-electron chi connectivity index (χ0n) is 13.8. The van der Waals surface area contributed by atoms with Crippen LogP contribution in [0.5, 0.6) is 5.75 Å². The molecular weight excluding hydrogens is 362 g/mol. The number of ether oxygens (including phenoxy) is 1. The van der Waals surface area contributed by atoms with Gasteiger partial charge in [0.05, 0.1) is 24.2 Å². The quantitative estimate of drug-likeness (QED) is 0.653. The first kappa shape index (κ1) is 18.2. The van der Waals surface area contributed by atoms with Crippen molar-refractivity contribution in [2.75, 3.05) is 7.11 Å². The monoisotopic (exact) mass is 378 g/mol. The van der Waals surface area contributed by atoms with Crippen LogP contribution in [0.15, 0.2) is 54.6 Å². The number of rotatable bonds is 6. The molecule has 136 valence electrons. The van der Waals surface area contributed by atoms with Crippen molar-refractivity contribution in [2.24, 2.45) is 0 Å². The summed E-state index contributed by atoms with van der Waals surface area (Å²) in [6.45, 7) is 0. The van der Waals surface area contributed by atoms with Crippen LogP contribution < -0.4 is 4.74 Å². The fourth-order valence-electron chi connectivity index (χ4n) is 2.55. The number of nitrogens with zero attached hydrogens (tertiary/aromatic N) is 2. The zero-order valence-corrected chi connectivity index (χ0v) is 14.6. The third-order valence-corrected chi connectivity index (χ3v) is 4.39. The molecular formula is C18H16F2N2O3S. The second kappa shape index (κ2) is 7.76. The van der Waals surface area contributed by atoms with Crippen LogP contribution in [0.25, 0.3) is 16.9 Å². The lowest BCUT2D eigenvalue weighted by Gasteiger charge is -2.09. The van der Waals surface area contributed by atoms with Crippen molar-refractivity contribution < 1.29 is 22.3 Å². The second-order valence-electron chi connectivity index (χ2n) is 5.53. The normalized spacial score (nSPS) is 12.3. The zero-order chi connectivity index (χ0) is 18.7. The lowest BCUT2D eigenvalue weighted by Crippen LogP contribution is -2.00. The highest BCUT2D eigenvalue weighted by Crippen LogP contribution is 2.29. The van der Waals surface area contributed by atoms with Crippen LogP contribution >= 0.6 is 0 Å². The SMILES string of the molecule is COc1ccc(-n2nc(C(F)F)cc2-c2ccc(CS(=O)O)cc2)cc1. The van der Waals surface area contributed by atoms with Crippen molar-refractivity contribution in [3.8, 4) is 22.7 Å². The lowest BCUT2D eigenvalue weighted by atomic mass is 10.1. The Bertz CT molecular complexity index is 909. The summed E-state index contributed by atoms with van der Waals surface area (Å²) in [4.78, 5) is 0. The maximum atomic E-state index is 13.2. The summed E-state index contributed by atoms with van der Waals surface area (Å²) in [5, 5.41) is 4.02. The first-order valence-electron chi connectivity index (χ1n) is 7.67. The predicted molar refractivity (Wildman–Crippen MR) is 95.0 cm³/mol. The molecule has 1 aromatic heterocycles. The van der Waals surface area contributed by atoms with Gasteiger partial charge in [-0.2, -0.15) is 5.10 Å². The number of halogens is 2. The molecule has 0 spiro atoms. The maximum absolute atomic E-state index is 13.2. The number of hydrogen-bond donors (Lipinski definition) is 1. The van der Waals surface area contributed by atoms with Crippen molar-refractivity contribution >= 4 is 11.1 Å². The molecule has 3 rings (SSSR count). The minimum Gasteiger partial charge on any atom is -0.497 e. The third-order valence-electron chi connectivity index (χ3n) is 3.81. The molecule has 2 aromatic carbocycles. The summed E-state index contributed by atoms with van der Waals surface area (Å²) in [5.74, 6) is 0.665. The first-order chi connectivity index (χ1) is 12.5. The van der Waals surface area contributed by atoms with Crippen molar-refractivity contribution in [3.05, 3.63) is 65.9 Å². The molecule has 3 aromatic rings. The van der Waals surface area contributed by atoms with Gasteiger partial charge < -0.3 is 9.29 Å². The highest BCUT2D eigenvalue weighted by molar-refractivity contribution is 7.78. The Labute approximate surface area is 151 Å². The van der Waals surface area contributed by atoms with Crippen LogP contribution in [0.1, 0.15) is 17.7 Å². The Morgan fingerprint density at radius 3 is 2.35 bits per heavy atom. The molecule has 5 nitrogen and oxygen atoms in total. The van der Waals surface area contributed by atoms with Crippen LogP contribution in [-0.4, -0.2) is 25.7 Å². The average Bonchev–Trinajstić information content (AvgIpc) is 3.07. The van der Waals surface area contributed by atoms with Gasteiger partial charge in [0, 0.05) is 5.56 Å². The number of hydrogen-bond acceptors (Lipinski definition) is 3. The van der Waals surface area contributed by atoms with Crippen molar-refractivity contribution in [2.45, 2.75) is 12.2 Å². The molecule has 0 bridgehead atoms. The lowest BCUT2D eigenvalue weighted by molar-refractivity contribution is 0.145. The van der Waals surface area contributed by atoms with E-state index in [1.165, 1.54) is 10.7 Å². The van der Waals surface area contributed by atoms with Crippen LogP contribution in [0, 0.1) is 0 Å². The van der Waals surface area contributed by atoms with E-state index in [4.69, 9.17) is 9.29 Å². The molecule has 1 N–H and O–H groups in total. The number of alkyl halides is 2. The molecule has 0 aliphatic carbocycles. The third kappa shape index (κ3) is 3.97. The Balaban J connectivity index is 2.03. The summed E-state index contributed by atoms with van der Waals surface area (Å²) in [6.07, 6.45) is -2.69. The molecule has 1 atom stereocenters. The minimum atomic E-state index is -2.69. The standard InChI is InChI=1S/C18H16F2N2O3S/c1-25-15-8-6-14(7-9-15)22-17(10-16(21-22)18(19)20)13-4-2-12(3-5-13)11-26(23)24/h2-10,18H,11H2,1H3,(H,23,24). The van der Waals surface area contributed by atoms with Crippen LogP contribution in [0.3, 0.4) is 0 Å². The van der Waals surface area contributed by atoms with Gasteiger partial charge in [-0.05, 0) is 35.9 Å².